The molecule has 28 heavy (non-hydrogen) atoms. The molecular formula is C22H15NO3S2. The summed E-state index contributed by atoms with van der Waals surface area (Å²) >= 11 is 3.12. The predicted octanol–water partition coefficient (Wildman–Crippen LogP) is 5.25. The van der Waals surface area contributed by atoms with Crippen LogP contribution < -0.4 is 4.74 Å². The lowest BCUT2D eigenvalue weighted by atomic mass is 10.0. The average molecular weight is 406 g/mol. The Morgan fingerprint density at radius 3 is 2.36 bits per heavy atom. The molecule has 0 saturated heterocycles. The van der Waals surface area contributed by atoms with Crippen LogP contribution in [0.15, 0.2) is 76.8 Å². The Bertz CT molecular complexity index is 1080. The zero-order chi connectivity index (χ0) is 19.3. The van der Waals surface area contributed by atoms with Crippen molar-refractivity contribution in [2.24, 2.45) is 0 Å². The average Bonchev–Trinajstić information content (AvgIpc) is 3.40. The van der Waals surface area contributed by atoms with Crippen molar-refractivity contribution in [2.45, 2.75) is 6.42 Å². The summed E-state index contributed by atoms with van der Waals surface area (Å²) < 4.78 is 5.38. The van der Waals surface area contributed by atoms with Crippen LogP contribution in [0.4, 0.5) is 0 Å². The van der Waals surface area contributed by atoms with Crippen LogP contribution in [0.1, 0.15) is 21.6 Å². The number of nitrogens with zero attached hydrogens (tertiary/aromatic N) is 1. The first kappa shape index (κ1) is 18.3. The van der Waals surface area contributed by atoms with Gasteiger partial charge in [0.05, 0.1) is 12.1 Å². The van der Waals surface area contributed by atoms with E-state index >= 15 is 0 Å². The molecule has 0 aliphatic heterocycles. The topological polar surface area (TPSA) is 56.3 Å². The van der Waals surface area contributed by atoms with Crippen LogP contribution in [0.25, 0.3) is 10.6 Å². The summed E-state index contributed by atoms with van der Waals surface area (Å²) in [4.78, 5) is 29.1. The smallest absolute Gasteiger partial charge is 0.317 e. The van der Waals surface area contributed by atoms with E-state index in [9.17, 15) is 9.59 Å². The van der Waals surface area contributed by atoms with Crippen LogP contribution in [0.3, 0.4) is 0 Å². The standard InChI is InChI=1S/C22H15NO3S2/c24-20(12-18-14-28-22(23-18)17-10-11-27-13-17)26-19-8-6-16(7-9-19)21(25)15-4-2-1-3-5-15/h1-11,13-14H,12H2. The first-order chi connectivity index (χ1) is 13.7. The van der Waals surface area contributed by atoms with Crippen LogP contribution in [0.5, 0.6) is 5.75 Å². The monoisotopic (exact) mass is 405 g/mol. The zero-order valence-corrected chi connectivity index (χ0v) is 16.3. The molecule has 0 spiro atoms. The SMILES string of the molecule is O=C(Cc1csc(-c2ccsc2)n1)Oc1ccc(C(=O)c2ccccc2)cc1. The molecule has 0 aliphatic carbocycles. The highest BCUT2D eigenvalue weighted by Crippen LogP contribution is 2.26. The van der Waals surface area contributed by atoms with Crippen molar-refractivity contribution < 1.29 is 14.3 Å². The molecule has 0 saturated carbocycles. The molecule has 4 rings (SSSR count). The molecule has 0 N–H and O–H groups in total. The van der Waals surface area contributed by atoms with E-state index in [-0.39, 0.29) is 18.2 Å². The summed E-state index contributed by atoms with van der Waals surface area (Å²) in [5.41, 5.74) is 2.92. The third-order valence-electron chi connectivity index (χ3n) is 4.03. The van der Waals surface area contributed by atoms with Gasteiger partial charge in [-0.3, -0.25) is 9.59 Å². The molecule has 6 heteroatoms. The summed E-state index contributed by atoms with van der Waals surface area (Å²) in [7, 11) is 0. The van der Waals surface area contributed by atoms with Crippen LogP contribution in [0.2, 0.25) is 0 Å². The van der Waals surface area contributed by atoms with Crippen molar-refractivity contribution in [2.75, 3.05) is 0 Å². The molecule has 2 heterocycles. The van der Waals surface area contributed by atoms with Gasteiger partial charge in [-0.25, -0.2) is 4.98 Å². The van der Waals surface area contributed by atoms with Gasteiger partial charge in [0.2, 0.25) is 0 Å². The van der Waals surface area contributed by atoms with E-state index in [4.69, 9.17) is 4.74 Å². The number of esters is 1. The fourth-order valence-corrected chi connectivity index (χ4v) is 4.18. The van der Waals surface area contributed by atoms with Gasteiger partial charge < -0.3 is 4.74 Å². The Hall–Kier alpha value is -3.09. The minimum absolute atomic E-state index is 0.0677. The Balaban J connectivity index is 1.38. The van der Waals surface area contributed by atoms with Crippen molar-refractivity contribution in [1.29, 1.82) is 0 Å². The van der Waals surface area contributed by atoms with Crippen LogP contribution in [-0.2, 0) is 11.2 Å². The number of ketones is 1. The Morgan fingerprint density at radius 2 is 1.64 bits per heavy atom. The molecule has 2 aromatic heterocycles. The number of hydrogen-bond acceptors (Lipinski definition) is 6. The summed E-state index contributed by atoms with van der Waals surface area (Å²) in [6, 6.07) is 17.7. The fraction of sp³-hybridized carbons (Fsp3) is 0.0455. The minimum Gasteiger partial charge on any atom is -0.426 e. The van der Waals surface area contributed by atoms with Crippen LogP contribution >= 0.6 is 22.7 Å². The molecular weight excluding hydrogens is 390 g/mol. The van der Waals surface area contributed by atoms with Gasteiger partial charge in [-0.1, -0.05) is 30.3 Å². The van der Waals surface area contributed by atoms with Gasteiger partial charge in [0, 0.05) is 27.5 Å². The summed E-state index contributed by atoms with van der Waals surface area (Å²) in [5, 5.41) is 6.79. The Morgan fingerprint density at radius 1 is 0.893 bits per heavy atom. The molecule has 0 unspecified atom stereocenters. The molecule has 0 amide bonds. The second-order valence-corrected chi connectivity index (χ2v) is 7.66. The second kappa shape index (κ2) is 8.29. The molecule has 0 radical (unpaired) electrons. The van der Waals surface area contributed by atoms with Gasteiger partial charge in [0.15, 0.2) is 5.78 Å². The van der Waals surface area contributed by atoms with E-state index in [2.05, 4.69) is 4.98 Å². The lowest BCUT2D eigenvalue weighted by Crippen LogP contribution is -2.11. The quantitative estimate of drug-likeness (QED) is 0.250. The van der Waals surface area contributed by atoms with Crippen molar-refractivity contribution in [3.05, 3.63) is 93.6 Å². The maximum atomic E-state index is 12.4. The molecule has 2 aromatic carbocycles. The lowest BCUT2D eigenvalue weighted by Gasteiger charge is -2.05. The molecule has 0 bridgehead atoms. The molecule has 0 aliphatic rings. The van der Waals surface area contributed by atoms with Crippen molar-refractivity contribution >= 4 is 34.4 Å². The highest BCUT2D eigenvalue weighted by atomic mass is 32.1. The van der Waals surface area contributed by atoms with E-state index in [0.29, 0.717) is 22.6 Å². The van der Waals surface area contributed by atoms with Gasteiger partial charge in [-0.15, -0.1) is 11.3 Å². The molecule has 0 atom stereocenters. The maximum absolute atomic E-state index is 12.4. The van der Waals surface area contributed by atoms with Crippen molar-refractivity contribution in [1.82, 2.24) is 4.98 Å². The second-order valence-electron chi connectivity index (χ2n) is 6.03. The maximum Gasteiger partial charge on any atom is 0.317 e. The van der Waals surface area contributed by atoms with E-state index in [1.54, 1.807) is 47.7 Å². The summed E-state index contributed by atoms with van der Waals surface area (Å²) in [5.74, 6) is -0.0471. The number of thiazole rings is 1. The van der Waals surface area contributed by atoms with E-state index in [1.807, 2.05) is 40.4 Å². The normalized spacial score (nSPS) is 10.6. The van der Waals surface area contributed by atoms with Gasteiger partial charge in [0.25, 0.3) is 0 Å². The largest absolute Gasteiger partial charge is 0.426 e. The third-order valence-corrected chi connectivity index (χ3v) is 5.65. The molecule has 4 nitrogen and oxygen atoms in total. The van der Waals surface area contributed by atoms with Gasteiger partial charge in [-0.2, -0.15) is 11.3 Å². The number of rotatable bonds is 6. The van der Waals surface area contributed by atoms with E-state index in [0.717, 1.165) is 10.6 Å². The van der Waals surface area contributed by atoms with Crippen molar-refractivity contribution in [3.8, 4) is 16.3 Å². The number of ether oxygens (including phenoxy) is 1. The van der Waals surface area contributed by atoms with Crippen LogP contribution in [-0.4, -0.2) is 16.7 Å². The highest BCUT2D eigenvalue weighted by molar-refractivity contribution is 7.14. The minimum atomic E-state index is -0.385. The first-order valence-corrected chi connectivity index (χ1v) is 10.4. The number of hydrogen-bond donors (Lipinski definition) is 0. The number of benzene rings is 2. The number of carbonyl (C=O) groups excluding carboxylic acids is 2. The molecule has 4 aromatic rings. The third kappa shape index (κ3) is 4.24. The lowest BCUT2D eigenvalue weighted by molar-refractivity contribution is -0.133. The number of aromatic nitrogens is 1. The van der Waals surface area contributed by atoms with Crippen molar-refractivity contribution in [3.63, 3.8) is 0 Å². The zero-order valence-electron chi connectivity index (χ0n) is 14.7. The van der Waals surface area contributed by atoms with Crippen LogP contribution in [0, 0.1) is 0 Å². The molecule has 0 fully saturated rings. The van der Waals surface area contributed by atoms with Gasteiger partial charge >= 0.3 is 5.97 Å². The predicted molar refractivity (Wildman–Crippen MR) is 111 cm³/mol. The van der Waals surface area contributed by atoms with E-state index in [1.165, 1.54) is 11.3 Å². The number of carbonyl (C=O) groups is 2. The summed E-state index contributed by atoms with van der Waals surface area (Å²) in [6.45, 7) is 0. The Labute approximate surface area is 170 Å². The van der Waals surface area contributed by atoms with Gasteiger partial charge in [-0.05, 0) is 35.7 Å². The molecule has 138 valence electrons. The fourth-order valence-electron chi connectivity index (χ4n) is 2.65. The number of thiophene rings is 1. The summed E-state index contributed by atoms with van der Waals surface area (Å²) in [6.07, 6.45) is 0.103. The highest BCUT2D eigenvalue weighted by Gasteiger charge is 2.13. The Kier molecular flexibility index (Phi) is 5.41. The van der Waals surface area contributed by atoms with Gasteiger partial charge in [0.1, 0.15) is 10.8 Å². The first-order valence-electron chi connectivity index (χ1n) is 8.56. The van der Waals surface area contributed by atoms with E-state index < -0.39 is 0 Å².